The van der Waals surface area contributed by atoms with Crippen molar-refractivity contribution in [2.75, 3.05) is 7.11 Å². The number of nitrogens with zero attached hydrogens (tertiary/aromatic N) is 2. The summed E-state index contributed by atoms with van der Waals surface area (Å²) in [5.41, 5.74) is 2.83. The van der Waals surface area contributed by atoms with Crippen LogP contribution < -0.4 is 11.0 Å². The van der Waals surface area contributed by atoms with Gasteiger partial charge in [0.25, 0.3) is 5.56 Å². The van der Waals surface area contributed by atoms with Gasteiger partial charge in [0.15, 0.2) is 0 Å². The van der Waals surface area contributed by atoms with Crippen LogP contribution in [0.25, 0.3) is 10.9 Å². The average molecular weight is 261 g/mol. The highest BCUT2D eigenvalue weighted by Crippen LogP contribution is 2.05. The van der Waals surface area contributed by atoms with Gasteiger partial charge >= 0.3 is 0 Å². The number of aryl methyl sites for hydroxylation is 1. The van der Waals surface area contributed by atoms with Gasteiger partial charge in [-0.25, -0.2) is 10.5 Å². The van der Waals surface area contributed by atoms with E-state index in [4.69, 9.17) is 0 Å². The molecule has 0 saturated heterocycles. The lowest BCUT2D eigenvalue weighted by molar-refractivity contribution is -0.131. The lowest BCUT2D eigenvalue weighted by Crippen LogP contribution is -2.24. The van der Waals surface area contributed by atoms with Crippen molar-refractivity contribution in [3.63, 3.8) is 0 Å². The predicted octanol–water partition coefficient (Wildman–Crippen LogP) is 0.854. The second kappa shape index (κ2) is 6.10. The Bertz CT molecular complexity index is 636. The summed E-state index contributed by atoms with van der Waals surface area (Å²) in [6.07, 6.45) is 2.36. The summed E-state index contributed by atoms with van der Waals surface area (Å²) in [5.74, 6) is -0.204. The Morgan fingerprint density at radius 1 is 1.42 bits per heavy atom. The van der Waals surface area contributed by atoms with Crippen LogP contribution in [-0.2, 0) is 16.2 Å². The van der Waals surface area contributed by atoms with Crippen LogP contribution in [0.1, 0.15) is 12.8 Å². The number of amides is 1. The fourth-order valence-electron chi connectivity index (χ4n) is 1.84. The third-order valence-corrected chi connectivity index (χ3v) is 2.75. The first-order valence-electron chi connectivity index (χ1n) is 5.98. The van der Waals surface area contributed by atoms with Crippen molar-refractivity contribution < 1.29 is 9.63 Å². The molecule has 0 unspecified atom stereocenters. The molecule has 1 aromatic carbocycles. The maximum atomic E-state index is 12.1. The van der Waals surface area contributed by atoms with Crippen molar-refractivity contribution in [1.29, 1.82) is 0 Å². The fraction of sp³-hybridized carbons (Fsp3) is 0.308. The first-order chi connectivity index (χ1) is 9.22. The van der Waals surface area contributed by atoms with Crippen LogP contribution in [0.15, 0.2) is 35.4 Å². The van der Waals surface area contributed by atoms with Crippen molar-refractivity contribution >= 4 is 16.8 Å². The quantitative estimate of drug-likeness (QED) is 0.810. The first kappa shape index (κ1) is 13.2. The molecule has 0 atom stereocenters. The van der Waals surface area contributed by atoms with Crippen LogP contribution in [-0.4, -0.2) is 22.6 Å². The molecule has 1 N–H and O–H groups in total. The highest BCUT2D eigenvalue weighted by molar-refractivity contribution is 5.77. The Hall–Kier alpha value is -2.21. The van der Waals surface area contributed by atoms with E-state index in [2.05, 4.69) is 15.3 Å². The van der Waals surface area contributed by atoms with Crippen LogP contribution in [0.4, 0.5) is 0 Å². The van der Waals surface area contributed by atoms with Gasteiger partial charge in [0.2, 0.25) is 5.91 Å². The van der Waals surface area contributed by atoms with Gasteiger partial charge in [0.1, 0.15) is 0 Å². The lowest BCUT2D eigenvalue weighted by atomic mass is 10.2. The monoisotopic (exact) mass is 261 g/mol. The minimum Gasteiger partial charge on any atom is -0.299 e. The SMILES string of the molecule is CONC(=O)CCCn1cnc2ccccc2c1=O. The summed E-state index contributed by atoms with van der Waals surface area (Å²) >= 11 is 0. The zero-order chi connectivity index (χ0) is 13.7. The Morgan fingerprint density at radius 3 is 3.00 bits per heavy atom. The topological polar surface area (TPSA) is 73.2 Å². The molecule has 0 aliphatic carbocycles. The minimum absolute atomic E-state index is 0.0854. The van der Waals surface area contributed by atoms with Crippen LogP contribution in [0.3, 0.4) is 0 Å². The van der Waals surface area contributed by atoms with Gasteiger partial charge in [-0.15, -0.1) is 0 Å². The summed E-state index contributed by atoms with van der Waals surface area (Å²) in [4.78, 5) is 32.0. The highest BCUT2D eigenvalue weighted by atomic mass is 16.6. The number of benzene rings is 1. The molecule has 0 saturated carbocycles. The molecule has 0 bridgehead atoms. The third-order valence-electron chi connectivity index (χ3n) is 2.75. The molecule has 0 spiro atoms. The summed E-state index contributed by atoms with van der Waals surface area (Å²) in [5, 5.41) is 0.589. The fourth-order valence-corrected chi connectivity index (χ4v) is 1.84. The van der Waals surface area contributed by atoms with E-state index in [1.165, 1.54) is 18.0 Å². The Kier molecular flexibility index (Phi) is 4.25. The number of aromatic nitrogens is 2. The summed E-state index contributed by atoms with van der Waals surface area (Å²) in [6.45, 7) is 0.452. The molecule has 6 nitrogen and oxygen atoms in total. The van der Waals surface area contributed by atoms with E-state index in [9.17, 15) is 9.59 Å². The van der Waals surface area contributed by atoms with Crippen LogP contribution >= 0.6 is 0 Å². The van der Waals surface area contributed by atoms with E-state index in [-0.39, 0.29) is 11.5 Å². The molecule has 1 aromatic heterocycles. The molecule has 6 heteroatoms. The zero-order valence-corrected chi connectivity index (χ0v) is 10.6. The van der Waals surface area contributed by atoms with Crippen molar-refractivity contribution in [3.8, 4) is 0 Å². The van der Waals surface area contributed by atoms with Gasteiger partial charge in [0, 0.05) is 13.0 Å². The number of carbonyl (C=O) groups is 1. The van der Waals surface area contributed by atoms with Gasteiger partial charge < -0.3 is 0 Å². The van der Waals surface area contributed by atoms with E-state index >= 15 is 0 Å². The number of carbonyl (C=O) groups excluding carboxylic acids is 1. The number of nitrogens with one attached hydrogen (secondary N) is 1. The second-order valence-electron chi connectivity index (χ2n) is 4.09. The van der Waals surface area contributed by atoms with Gasteiger partial charge in [-0.2, -0.15) is 0 Å². The van der Waals surface area contributed by atoms with Crippen LogP contribution in [0.2, 0.25) is 0 Å². The molecule has 0 aliphatic heterocycles. The molecule has 2 aromatic rings. The van der Waals surface area contributed by atoms with E-state index in [0.717, 1.165) is 0 Å². The standard InChI is InChI=1S/C13H15N3O3/c1-19-15-12(17)7-4-8-16-9-14-11-6-3-2-5-10(11)13(16)18/h2-3,5-6,9H,4,7-8H2,1H3,(H,15,17). The first-order valence-corrected chi connectivity index (χ1v) is 5.98. The zero-order valence-electron chi connectivity index (χ0n) is 10.6. The molecule has 0 fully saturated rings. The number of rotatable bonds is 5. The van der Waals surface area contributed by atoms with Crippen LogP contribution in [0, 0.1) is 0 Å². The second-order valence-corrected chi connectivity index (χ2v) is 4.09. The molecular weight excluding hydrogens is 246 g/mol. The Balaban J connectivity index is 2.07. The lowest BCUT2D eigenvalue weighted by Gasteiger charge is -2.06. The summed E-state index contributed by atoms with van der Waals surface area (Å²) < 4.78 is 1.52. The third kappa shape index (κ3) is 3.17. The minimum atomic E-state index is -0.204. The molecule has 1 amide bonds. The molecule has 2 rings (SSSR count). The molecule has 100 valence electrons. The maximum Gasteiger partial charge on any atom is 0.261 e. The normalized spacial score (nSPS) is 10.6. The smallest absolute Gasteiger partial charge is 0.261 e. The van der Waals surface area contributed by atoms with E-state index in [1.54, 1.807) is 12.1 Å². The van der Waals surface area contributed by atoms with Gasteiger partial charge in [0.05, 0.1) is 24.3 Å². The Morgan fingerprint density at radius 2 is 2.21 bits per heavy atom. The van der Waals surface area contributed by atoms with E-state index in [1.807, 2.05) is 12.1 Å². The summed E-state index contributed by atoms with van der Waals surface area (Å²) in [6, 6.07) is 7.20. The van der Waals surface area contributed by atoms with Crippen LogP contribution in [0.5, 0.6) is 0 Å². The van der Waals surface area contributed by atoms with Crippen molar-refractivity contribution in [1.82, 2.24) is 15.0 Å². The highest BCUT2D eigenvalue weighted by Gasteiger charge is 2.04. The van der Waals surface area contributed by atoms with E-state index < -0.39 is 0 Å². The van der Waals surface area contributed by atoms with Crippen molar-refractivity contribution in [2.45, 2.75) is 19.4 Å². The molecule has 1 heterocycles. The molecule has 0 aliphatic rings. The molecular formula is C13H15N3O3. The van der Waals surface area contributed by atoms with Gasteiger partial charge in [-0.3, -0.25) is 19.0 Å². The largest absolute Gasteiger partial charge is 0.299 e. The average Bonchev–Trinajstić information content (AvgIpc) is 2.42. The molecule has 0 radical (unpaired) electrons. The number of hydrogen-bond acceptors (Lipinski definition) is 4. The maximum absolute atomic E-state index is 12.1. The molecule has 19 heavy (non-hydrogen) atoms. The number of hydroxylamine groups is 1. The van der Waals surface area contributed by atoms with Crippen molar-refractivity contribution in [3.05, 3.63) is 40.9 Å². The van der Waals surface area contributed by atoms with Crippen molar-refractivity contribution in [2.24, 2.45) is 0 Å². The van der Waals surface area contributed by atoms with Gasteiger partial charge in [-0.05, 0) is 18.6 Å². The Labute approximate surface area is 110 Å². The number of fused-ring (bicyclic) bond motifs is 1. The number of hydrogen-bond donors (Lipinski definition) is 1. The number of para-hydroxylation sites is 1. The predicted molar refractivity (Wildman–Crippen MR) is 70.4 cm³/mol. The summed E-state index contributed by atoms with van der Waals surface area (Å²) in [7, 11) is 1.38. The van der Waals surface area contributed by atoms with Gasteiger partial charge in [-0.1, -0.05) is 12.1 Å². The van der Waals surface area contributed by atoms with E-state index in [0.29, 0.717) is 30.3 Å².